The fourth-order valence-corrected chi connectivity index (χ4v) is 4.21. The van der Waals surface area contributed by atoms with Gasteiger partial charge in [-0.2, -0.15) is 0 Å². The summed E-state index contributed by atoms with van der Waals surface area (Å²) in [5.74, 6) is -1.79. The Morgan fingerprint density at radius 3 is 2.65 bits per heavy atom. The zero-order chi connectivity index (χ0) is 19.0. The highest BCUT2D eigenvalue weighted by Crippen LogP contribution is 2.33. The molecule has 26 heavy (non-hydrogen) atoms. The molecule has 0 spiro atoms. The number of hydrogen-bond acceptors (Lipinski definition) is 4. The predicted molar refractivity (Wildman–Crippen MR) is 108 cm³/mol. The third kappa shape index (κ3) is 3.56. The molecule has 1 saturated heterocycles. The highest BCUT2D eigenvalue weighted by molar-refractivity contribution is 14.1. The van der Waals surface area contributed by atoms with Crippen molar-refractivity contribution < 1.29 is 19.5 Å². The molecule has 0 bridgehead atoms. The molecule has 1 fully saturated rings. The maximum Gasteiger partial charge on any atom is 0.323 e. The first-order valence-corrected chi connectivity index (χ1v) is 9.59. The van der Waals surface area contributed by atoms with Crippen molar-refractivity contribution in [3.8, 4) is 5.69 Å². The van der Waals surface area contributed by atoms with Gasteiger partial charge in [-0.25, -0.2) is 0 Å². The number of carbonyl (C=O) groups is 3. The number of rotatable bonds is 4. The van der Waals surface area contributed by atoms with E-state index in [-0.39, 0.29) is 4.91 Å². The molecular weight excluding hydrogens is 467 g/mol. The zero-order valence-corrected chi connectivity index (χ0v) is 17.0. The molecule has 0 radical (unpaired) electrons. The lowest BCUT2D eigenvalue weighted by Crippen LogP contribution is -2.33. The second-order valence-corrected chi connectivity index (χ2v) is 8.04. The topological polar surface area (TPSA) is 79.6 Å². The summed E-state index contributed by atoms with van der Waals surface area (Å²) in [5.41, 5.74) is 3.78. The molecule has 1 aliphatic rings. The molecule has 2 heterocycles. The molecular formula is C18H15IN2O4S. The third-order valence-electron chi connectivity index (χ3n) is 3.99. The number of aromatic nitrogens is 1. The van der Waals surface area contributed by atoms with Gasteiger partial charge in [-0.15, -0.1) is 0 Å². The minimum absolute atomic E-state index is 0.235. The Morgan fingerprint density at radius 2 is 2.00 bits per heavy atom. The molecule has 1 aliphatic heterocycles. The molecule has 0 unspecified atom stereocenters. The van der Waals surface area contributed by atoms with Crippen molar-refractivity contribution in [1.29, 1.82) is 0 Å². The number of thioether (sulfide) groups is 1. The van der Waals surface area contributed by atoms with Crippen molar-refractivity contribution in [3.63, 3.8) is 0 Å². The monoisotopic (exact) mass is 482 g/mol. The highest BCUT2D eigenvalue weighted by Gasteiger charge is 2.36. The van der Waals surface area contributed by atoms with Gasteiger partial charge in [-0.3, -0.25) is 19.3 Å². The van der Waals surface area contributed by atoms with Crippen molar-refractivity contribution in [2.75, 3.05) is 6.54 Å². The van der Waals surface area contributed by atoms with E-state index in [9.17, 15) is 14.4 Å². The second kappa shape index (κ2) is 7.28. The lowest BCUT2D eigenvalue weighted by atomic mass is 10.2. The van der Waals surface area contributed by atoms with Gasteiger partial charge in [0.15, 0.2) is 0 Å². The molecule has 3 rings (SSSR count). The van der Waals surface area contributed by atoms with Crippen LogP contribution in [0, 0.1) is 17.4 Å². The van der Waals surface area contributed by atoms with Crippen molar-refractivity contribution in [1.82, 2.24) is 9.47 Å². The molecule has 6 nitrogen and oxygen atoms in total. The fraction of sp³-hybridized carbons (Fsp3) is 0.167. The first-order valence-electron chi connectivity index (χ1n) is 7.70. The maximum atomic E-state index is 12.3. The molecule has 0 atom stereocenters. The summed E-state index contributed by atoms with van der Waals surface area (Å²) < 4.78 is 3.19. The van der Waals surface area contributed by atoms with Crippen LogP contribution in [0.25, 0.3) is 11.8 Å². The van der Waals surface area contributed by atoms with Crippen LogP contribution in [0.1, 0.15) is 17.0 Å². The first-order chi connectivity index (χ1) is 12.3. The van der Waals surface area contributed by atoms with Crippen LogP contribution in [-0.2, 0) is 9.59 Å². The zero-order valence-electron chi connectivity index (χ0n) is 14.0. The van der Waals surface area contributed by atoms with Crippen LogP contribution in [0.5, 0.6) is 0 Å². The average molecular weight is 482 g/mol. The number of aliphatic carboxylic acids is 1. The summed E-state index contributed by atoms with van der Waals surface area (Å²) in [6, 6.07) is 10.0. The standard InChI is InChI=1S/C18H15IN2O4S/c1-10-6-12(11(2)21(10)14-5-3-4-13(19)8-14)7-15-17(24)20(9-16(22)23)18(25)26-15/h3-8H,9H2,1-2H3,(H,22,23)/b15-7+. The molecule has 1 aromatic heterocycles. The summed E-state index contributed by atoms with van der Waals surface area (Å²) in [5, 5.41) is 8.28. The van der Waals surface area contributed by atoms with Gasteiger partial charge < -0.3 is 9.67 Å². The van der Waals surface area contributed by atoms with Gasteiger partial charge in [0, 0.05) is 20.6 Å². The van der Waals surface area contributed by atoms with Crippen LogP contribution >= 0.6 is 34.4 Å². The van der Waals surface area contributed by atoms with E-state index < -0.39 is 23.7 Å². The van der Waals surface area contributed by atoms with Gasteiger partial charge in [0.25, 0.3) is 11.1 Å². The molecule has 134 valence electrons. The second-order valence-electron chi connectivity index (χ2n) is 5.80. The highest BCUT2D eigenvalue weighted by atomic mass is 127. The minimum Gasteiger partial charge on any atom is -0.480 e. The molecule has 2 aromatic rings. The normalized spacial score (nSPS) is 16.0. The lowest BCUT2D eigenvalue weighted by molar-refractivity contribution is -0.140. The Labute approximate surface area is 168 Å². The summed E-state index contributed by atoms with van der Waals surface area (Å²) in [6.45, 7) is 3.30. The predicted octanol–water partition coefficient (Wildman–Crippen LogP) is 3.82. The van der Waals surface area contributed by atoms with Crippen LogP contribution in [0.2, 0.25) is 0 Å². The van der Waals surface area contributed by atoms with E-state index in [1.165, 1.54) is 0 Å². The summed E-state index contributed by atoms with van der Waals surface area (Å²) in [6.07, 6.45) is 1.65. The van der Waals surface area contributed by atoms with Crippen LogP contribution in [0.4, 0.5) is 4.79 Å². The number of halogens is 1. The first kappa shape index (κ1) is 18.7. The quantitative estimate of drug-likeness (QED) is 0.530. The van der Waals surface area contributed by atoms with E-state index in [0.717, 1.165) is 42.9 Å². The van der Waals surface area contributed by atoms with Gasteiger partial charge in [-0.1, -0.05) is 6.07 Å². The van der Waals surface area contributed by atoms with Gasteiger partial charge >= 0.3 is 5.97 Å². The van der Waals surface area contributed by atoms with Crippen LogP contribution < -0.4 is 0 Å². The number of nitrogens with zero attached hydrogens (tertiary/aromatic N) is 2. The number of carbonyl (C=O) groups excluding carboxylic acids is 2. The third-order valence-corrected chi connectivity index (χ3v) is 5.57. The van der Waals surface area contributed by atoms with Gasteiger partial charge in [0.2, 0.25) is 0 Å². The summed E-state index contributed by atoms with van der Waals surface area (Å²) >= 11 is 3.02. The number of aryl methyl sites for hydroxylation is 1. The van der Waals surface area contributed by atoms with Crippen molar-refractivity contribution in [2.24, 2.45) is 0 Å². The molecule has 2 amide bonds. The van der Waals surface area contributed by atoms with E-state index in [1.807, 2.05) is 38.1 Å². The largest absolute Gasteiger partial charge is 0.480 e. The number of carboxylic acid groups (broad SMARTS) is 1. The van der Waals surface area contributed by atoms with Crippen LogP contribution in [-0.4, -0.2) is 38.2 Å². The SMILES string of the molecule is Cc1cc(/C=C2/SC(=O)N(CC(=O)O)C2=O)c(C)n1-c1cccc(I)c1. The number of hydrogen-bond donors (Lipinski definition) is 1. The van der Waals surface area contributed by atoms with E-state index in [1.54, 1.807) is 6.08 Å². The Bertz CT molecular complexity index is 964. The maximum absolute atomic E-state index is 12.3. The Kier molecular flexibility index (Phi) is 5.24. The Hall–Kier alpha value is -2.07. The van der Waals surface area contributed by atoms with E-state index in [4.69, 9.17) is 5.11 Å². The molecule has 0 saturated carbocycles. The molecule has 0 aliphatic carbocycles. The smallest absolute Gasteiger partial charge is 0.323 e. The molecule has 1 N–H and O–H groups in total. The van der Waals surface area contributed by atoms with Crippen molar-refractivity contribution >= 4 is 57.5 Å². The van der Waals surface area contributed by atoms with Gasteiger partial charge in [0.05, 0.1) is 4.91 Å². The minimum atomic E-state index is -1.22. The fourth-order valence-electron chi connectivity index (χ4n) is 2.86. The molecule has 1 aromatic carbocycles. The number of carboxylic acids is 1. The lowest BCUT2D eigenvalue weighted by Gasteiger charge is -2.10. The van der Waals surface area contributed by atoms with E-state index in [0.29, 0.717) is 0 Å². The Morgan fingerprint density at radius 1 is 1.27 bits per heavy atom. The number of amides is 2. The van der Waals surface area contributed by atoms with Gasteiger partial charge in [-0.05, 0) is 84.1 Å². The summed E-state index contributed by atoms with van der Waals surface area (Å²) in [7, 11) is 0. The van der Waals surface area contributed by atoms with Crippen LogP contribution in [0.3, 0.4) is 0 Å². The number of benzene rings is 1. The van der Waals surface area contributed by atoms with Crippen LogP contribution in [0.15, 0.2) is 35.2 Å². The van der Waals surface area contributed by atoms with Crippen molar-refractivity contribution in [3.05, 3.63) is 55.8 Å². The average Bonchev–Trinajstić information content (AvgIpc) is 2.98. The van der Waals surface area contributed by atoms with Crippen molar-refractivity contribution in [2.45, 2.75) is 13.8 Å². The van der Waals surface area contributed by atoms with E-state index >= 15 is 0 Å². The van der Waals surface area contributed by atoms with E-state index in [2.05, 4.69) is 33.2 Å². The van der Waals surface area contributed by atoms with Gasteiger partial charge in [0.1, 0.15) is 6.54 Å². The molecule has 8 heteroatoms. The summed E-state index contributed by atoms with van der Waals surface area (Å²) in [4.78, 5) is 36.0. The number of imide groups is 1. The Balaban J connectivity index is 1.98.